The van der Waals surface area contributed by atoms with Crippen LogP contribution in [-0.2, 0) is 11.3 Å². The summed E-state index contributed by atoms with van der Waals surface area (Å²) in [6, 6.07) is 7.12. The zero-order chi connectivity index (χ0) is 16.1. The van der Waals surface area contributed by atoms with Crippen molar-refractivity contribution in [3.05, 3.63) is 51.5 Å². The molecule has 0 saturated carbocycles. The highest BCUT2D eigenvalue weighted by Gasteiger charge is 2.14. The molecule has 0 aliphatic carbocycles. The second-order valence-electron chi connectivity index (χ2n) is 4.67. The molecular weight excluding hydrogens is 300 g/mol. The summed E-state index contributed by atoms with van der Waals surface area (Å²) in [5.74, 6) is 0.593. The first kappa shape index (κ1) is 15.7. The second-order valence-corrected chi connectivity index (χ2v) is 5.53. The lowest BCUT2D eigenvalue weighted by molar-refractivity contribution is -0.138. The smallest absolute Gasteiger partial charge is 0.310 e. The summed E-state index contributed by atoms with van der Waals surface area (Å²) in [4.78, 5) is 26.9. The number of carbonyl (C=O) groups is 2. The maximum absolute atomic E-state index is 11.9. The molecular formula is C16H14N2O3S. The van der Waals surface area contributed by atoms with E-state index in [2.05, 4.69) is 16.2 Å². The van der Waals surface area contributed by atoms with Crippen molar-refractivity contribution >= 4 is 23.2 Å². The van der Waals surface area contributed by atoms with Crippen LogP contribution in [0.5, 0.6) is 0 Å². The Hall–Kier alpha value is -2.65. The maximum atomic E-state index is 11.9. The molecule has 1 aromatic carbocycles. The van der Waals surface area contributed by atoms with Gasteiger partial charge >= 0.3 is 5.97 Å². The first-order chi connectivity index (χ1) is 10.5. The lowest BCUT2D eigenvalue weighted by atomic mass is 9.99. The Kier molecular flexibility index (Phi) is 4.92. The normalized spacial score (nSPS) is 11.5. The standard InChI is InChI=1S/C16H14N2O3S/c1-3-14-18-13(9-22-14)15(19)17-8-11-5-4-6-12(7-11)10(2)16(20)21/h1,4-7,9-10H,8H2,2H3,(H,17,19)(H,20,21). The lowest BCUT2D eigenvalue weighted by Crippen LogP contribution is -2.23. The number of rotatable bonds is 5. The van der Waals surface area contributed by atoms with Gasteiger partial charge in [-0.25, -0.2) is 4.98 Å². The van der Waals surface area contributed by atoms with Gasteiger partial charge in [0.2, 0.25) is 0 Å². The first-order valence-electron chi connectivity index (χ1n) is 6.53. The third-order valence-electron chi connectivity index (χ3n) is 3.13. The number of nitrogens with one attached hydrogen (secondary N) is 1. The average molecular weight is 314 g/mol. The molecule has 2 aromatic rings. The van der Waals surface area contributed by atoms with E-state index >= 15 is 0 Å². The number of aromatic nitrogens is 1. The monoisotopic (exact) mass is 314 g/mol. The summed E-state index contributed by atoms with van der Waals surface area (Å²) >= 11 is 1.24. The quantitative estimate of drug-likeness (QED) is 0.830. The molecule has 0 aliphatic rings. The van der Waals surface area contributed by atoms with E-state index in [0.717, 1.165) is 5.56 Å². The van der Waals surface area contributed by atoms with Crippen LogP contribution < -0.4 is 5.32 Å². The fourth-order valence-corrected chi connectivity index (χ4v) is 2.43. The summed E-state index contributed by atoms with van der Waals surface area (Å²) in [5.41, 5.74) is 1.81. The van der Waals surface area contributed by atoms with Gasteiger partial charge in [-0.2, -0.15) is 0 Å². The van der Waals surface area contributed by atoms with Crippen LogP contribution >= 0.6 is 11.3 Å². The molecule has 6 heteroatoms. The maximum Gasteiger partial charge on any atom is 0.310 e. The van der Waals surface area contributed by atoms with Crippen molar-refractivity contribution in [1.29, 1.82) is 0 Å². The molecule has 1 amide bonds. The van der Waals surface area contributed by atoms with E-state index in [-0.39, 0.29) is 11.6 Å². The number of carboxylic acids is 1. The number of amides is 1. The van der Waals surface area contributed by atoms with Gasteiger partial charge in [-0.05, 0) is 24.0 Å². The van der Waals surface area contributed by atoms with Gasteiger partial charge in [0.05, 0.1) is 5.92 Å². The summed E-state index contributed by atoms with van der Waals surface area (Å²) in [6.45, 7) is 1.92. The van der Waals surface area contributed by atoms with Crippen LogP contribution in [0.1, 0.15) is 39.5 Å². The minimum Gasteiger partial charge on any atom is -0.481 e. The fourth-order valence-electron chi connectivity index (χ4n) is 1.83. The number of terminal acetylenes is 1. The SMILES string of the molecule is C#Cc1nc(C(=O)NCc2cccc(C(C)C(=O)O)c2)cs1. The molecule has 112 valence electrons. The number of nitrogens with zero attached hydrogens (tertiary/aromatic N) is 1. The van der Waals surface area contributed by atoms with Crippen molar-refractivity contribution in [3.8, 4) is 12.3 Å². The highest BCUT2D eigenvalue weighted by Crippen LogP contribution is 2.17. The minimum atomic E-state index is -0.884. The minimum absolute atomic E-state index is 0.285. The topological polar surface area (TPSA) is 79.3 Å². The van der Waals surface area contributed by atoms with Gasteiger partial charge < -0.3 is 10.4 Å². The van der Waals surface area contributed by atoms with E-state index in [1.165, 1.54) is 11.3 Å². The van der Waals surface area contributed by atoms with Crippen molar-refractivity contribution < 1.29 is 14.7 Å². The number of carboxylic acid groups (broad SMARTS) is 1. The van der Waals surface area contributed by atoms with Gasteiger partial charge in [0.15, 0.2) is 5.01 Å². The van der Waals surface area contributed by atoms with Crippen LogP contribution in [0.15, 0.2) is 29.6 Å². The third-order valence-corrected chi connectivity index (χ3v) is 3.91. The molecule has 2 N–H and O–H groups in total. The van der Waals surface area contributed by atoms with E-state index in [4.69, 9.17) is 11.5 Å². The number of hydrogen-bond acceptors (Lipinski definition) is 4. The Morgan fingerprint density at radius 1 is 1.50 bits per heavy atom. The van der Waals surface area contributed by atoms with E-state index in [0.29, 0.717) is 17.1 Å². The van der Waals surface area contributed by atoms with E-state index in [1.807, 2.05) is 6.07 Å². The number of thiazole rings is 1. The van der Waals surface area contributed by atoms with Gasteiger partial charge in [-0.15, -0.1) is 17.8 Å². The molecule has 0 radical (unpaired) electrons. The molecule has 0 aliphatic heterocycles. The van der Waals surface area contributed by atoms with Crippen LogP contribution in [0.2, 0.25) is 0 Å². The Bertz CT molecular complexity index is 746. The van der Waals surface area contributed by atoms with Crippen molar-refractivity contribution in [2.24, 2.45) is 0 Å². The Morgan fingerprint density at radius 2 is 2.27 bits per heavy atom. The number of carbonyl (C=O) groups excluding carboxylic acids is 1. The first-order valence-corrected chi connectivity index (χ1v) is 7.41. The molecule has 0 saturated heterocycles. The summed E-state index contributed by atoms with van der Waals surface area (Å²) in [5, 5.41) is 13.8. The zero-order valence-corrected chi connectivity index (χ0v) is 12.7. The molecule has 22 heavy (non-hydrogen) atoms. The van der Waals surface area contributed by atoms with Gasteiger partial charge in [0.1, 0.15) is 5.69 Å². The second kappa shape index (κ2) is 6.87. The summed E-state index contributed by atoms with van der Waals surface area (Å²) < 4.78 is 0. The predicted octanol–water partition coefficient (Wildman–Crippen LogP) is 2.24. The lowest BCUT2D eigenvalue weighted by Gasteiger charge is -2.09. The Morgan fingerprint density at radius 3 is 2.91 bits per heavy atom. The average Bonchev–Trinajstić information content (AvgIpc) is 3.01. The molecule has 0 spiro atoms. The predicted molar refractivity (Wildman–Crippen MR) is 83.7 cm³/mol. The van der Waals surface area contributed by atoms with E-state index in [1.54, 1.807) is 30.5 Å². The van der Waals surface area contributed by atoms with E-state index < -0.39 is 11.9 Å². The molecule has 1 atom stereocenters. The van der Waals surface area contributed by atoms with Crippen LogP contribution in [0.4, 0.5) is 0 Å². The van der Waals surface area contributed by atoms with Crippen molar-refractivity contribution in [2.45, 2.75) is 19.4 Å². The van der Waals surface area contributed by atoms with E-state index in [9.17, 15) is 9.59 Å². The third kappa shape index (κ3) is 3.71. The van der Waals surface area contributed by atoms with Crippen LogP contribution in [0.25, 0.3) is 0 Å². The summed E-state index contributed by atoms with van der Waals surface area (Å²) in [7, 11) is 0. The molecule has 2 rings (SSSR count). The van der Waals surface area contributed by atoms with Crippen LogP contribution in [0, 0.1) is 12.3 Å². The molecule has 5 nitrogen and oxygen atoms in total. The van der Waals surface area contributed by atoms with Gasteiger partial charge in [0.25, 0.3) is 5.91 Å². The van der Waals surface area contributed by atoms with Gasteiger partial charge in [-0.1, -0.05) is 24.3 Å². The molecule has 1 aromatic heterocycles. The summed E-state index contributed by atoms with van der Waals surface area (Å²) in [6.07, 6.45) is 5.22. The van der Waals surface area contributed by atoms with Crippen LogP contribution in [-0.4, -0.2) is 22.0 Å². The van der Waals surface area contributed by atoms with Crippen molar-refractivity contribution in [1.82, 2.24) is 10.3 Å². The molecule has 1 heterocycles. The zero-order valence-electron chi connectivity index (χ0n) is 11.9. The number of benzene rings is 1. The molecule has 1 unspecified atom stereocenters. The highest BCUT2D eigenvalue weighted by atomic mass is 32.1. The fraction of sp³-hybridized carbons (Fsp3) is 0.188. The van der Waals surface area contributed by atoms with Gasteiger partial charge in [-0.3, -0.25) is 9.59 Å². The van der Waals surface area contributed by atoms with Gasteiger partial charge in [0, 0.05) is 11.9 Å². The van der Waals surface area contributed by atoms with Crippen molar-refractivity contribution in [3.63, 3.8) is 0 Å². The Labute approximate surface area is 132 Å². The van der Waals surface area contributed by atoms with Crippen LogP contribution in [0.3, 0.4) is 0 Å². The molecule has 0 bridgehead atoms. The number of hydrogen-bond donors (Lipinski definition) is 2. The largest absolute Gasteiger partial charge is 0.481 e. The van der Waals surface area contributed by atoms with Crippen molar-refractivity contribution in [2.75, 3.05) is 0 Å². The number of aliphatic carboxylic acids is 1. The Balaban J connectivity index is 2.02. The highest BCUT2D eigenvalue weighted by molar-refractivity contribution is 7.10. The molecule has 0 fully saturated rings.